The van der Waals surface area contributed by atoms with Gasteiger partial charge in [-0.1, -0.05) is 13.8 Å². The van der Waals surface area contributed by atoms with E-state index in [-0.39, 0.29) is 18.5 Å². The fourth-order valence-electron chi connectivity index (χ4n) is 0.617. The van der Waals surface area contributed by atoms with Crippen molar-refractivity contribution in [1.29, 1.82) is 0 Å². The van der Waals surface area contributed by atoms with Gasteiger partial charge < -0.3 is 20.3 Å². The van der Waals surface area contributed by atoms with E-state index in [1.54, 1.807) is 27.7 Å². The third kappa shape index (κ3) is 31.6. The Morgan fingerprint density at radius 2 is 1.32 bits per heavy atom. The summed E-state index contributed by atoms with van der Waals surface area (Å²) in [4.78, 5) is 20.4. The first-order chi connectivity index (χ1) is 9.03. The molecule has 116 valence electrons. The number of esters is 2. The molecule has 0 aromatic carbocycles. The number of ether oxygens (including phenoxy) is 2. The molecule has 0 atom stereocenters. The molecule has 0 aliphatic heterocycles. The van der Waals surface area contributed by atoms with E-state index in [0.717, 1.165) is 6.42 Å². The zero-order valence-electron chi connectivity index (χ0n) is 12.6. The van der Waals surface area contributed by atoms with E-state index in [2.05, 4.69) is 9.47 Å². The molecular formula is C13H29NO5. The molecular weight excluding hydrogens is 250 g/mol. The van der Waals surface area contributed by atoms with E-state index in [1.807, 2.05) is 0 Å². The van der Waals surface area contributed by atoms with Crippen LogP contribution >= 0.6 is 0 Å². The van der Waals surface area contributed by atoms with Crippen LogP contribution in [-0.4, -0.2) is 43.4 Å². The van der Waals surface area contributed by atoms with Gasteiger partial charge in [-0.2, -0.15) is 0 Å². The van der Waals surface area contributed by atoms with E-state index in [4.69, 9.17) is 10.8 Å². The maximum absolute atomic E-state index is 10.2. The van der Waals surface area contributed by atoms with Crippen LogP contribution in [0.3, 0.4) is 0 Å². The molecule has 0 fully saturated rings. The monoisotopic (exact) mass is 279 g/mol. The van der Waals surface area contributed by atoms with Gasteiger partial charge in [0.15, 0.2) is 0 Å². The molecule has 0 heterocycles. The van der Waals surface area contributed by atoms with Crippen LogP contribution in [0.25, 0.3) is 0 Å². The third-order valence-electron chi connectivity index (χ3n) is 1.55. The molecule has 0 unspecified atom stereocenters. The number of aliphatic hydroxyl groups is 1. The molecule has 0 bridgehead atoms. The number of rotatable bonds is 6. The predicted molar refractivity (Wildman–Crippen MR) is 74.6 cm³/mol. The van der Waals surface area contributed by atoms with Gasteiger partial charge in [0.1, 0.15) is 0 Å². The Balaban J connectivity index is -0.000000206. The van der Waals surface area contributed by atoms with Crippen molar-refractivity contribution < 1.29 is 24.2 Å². The molecule has 19 heavy (non-hydrogen) atoms. The summed E-state index contributed by atoms with van der Waals surface area (Å²) in [5.41, 5.74) is 4.98. The first kappa shape index (κ1) is 23.0. The molecule has 0 rings (SSSR count). The Bertz CT molecular complexity index is 177. The van der Waals surface area contributed by atoms with Gasteiger partial charge in [0, 0.05) is 19.4 Å². The second kappa shape index (κ2) is 22.1. The average molecular weight is 279 g/mol. The minimum atomic E-state index is -0.123. The summed E-state index contributed by atoms with van der Waals surface area (Å²) in [6.07, 6.45) is 1.68. The van der Waals surface area contributed by atoms with Gasteiger partial charge in [-0.25, -0.2) is 0 Å². The molecule has 0 amide bonds. The van der Waals surface area contributed by atoms with Crippen LogP contribution in [0.5, 0.6) is 0 Å². The van der Waals surface area contributed by atoms with E-state index in [0.29, 0.717) is 32.6 Å². The van der Waals surface area contributed by atoms with Crippen molar-refractivity contribution in [3.8, 4) is 0 Å². The summed E-state index contributed by atoms with van der Waals surface area (Å²) in [7, 11) is 0. The first-order valence-corrected chi connectivity index (χ1v) is 6.65. The fourth-order valence-corrected chi connectivity index (χ4v) is 0.617. The molecule has 0 saturated heterocycles. The van der Waals surface area contributed by atoms with Crippen molar-refractivity contribution >= 4 is 11.9 Å². The summed E-state index contributed by atoms with van der Waals surface area (Å²) < 4.78 is 9.10. The molecule has 0 aliphatic rings. The summed E-state index contributed by atoms with van der Waals surface area (Å²) >= 11 is 0. The van der Waals surface area contributed by atoms with Crippen molar-refractivity contribution in [2.75, 3.05) is 26.4 Å². The minimum Gasteiger partial charge on any atom is -0.466 e. The summed E-state index contributed by atoms with van der Waals surface area (Å²) in [5.74, 6) is -0.245. The van der Waals surface area contributed by atoms with Crippen LogP contribution in [0.4, 0.5) is 0 Å². The molecule has 6 heteroatoms. The Labute approximate surface area is 116 Å². The highest BCUT2D eigenvalue weighted by molar-refractivity contribution is 5.69. The Morgan fingerprint density at radius 1 is 0.947 bits per heavy atom. The SMILES string of the molecule is CCOC(=O)CC.CCOC(=O)CC.NCCCO. The van der Waals surface area contributed by atoms with Gasteiger partial charge in [0.2, 0.25) is 0 Å². The van der Waals surface area contributed by atoms with Gasteiger partial charge in [0.25, 0.3) is 0 Å². The van der Waals surface area contributed by atoms with Crippen LogP contribution in [0.1, 0.15) is 47.0 Å². The number of carbonyl (C=O) groups is 2. The Morgan fingerprint density at radius 3 is 1.37 bits per heavy atom. The zero-order chi connectivity index (χ0) is 15.5. The second-order valence-corrected chi connectivity index (χ2v) is 3.18. The number of nitrogens with two attached hydrogens (primary N) is 1. The smallest absolute Gasteiger partial charge is 0.305 e. The quantitative estimate of drug-likeness (QED) is 0.710. The van der Waals surface area contributed by atoms with Crippen molar-refractivity contribution in [3.05, 3.63) is 0 Å². The average Bonchev–Trinajstić information content (AvgIpc) is 2.41. The van der Waals surface area contributed by atoms with Crippen LogP contribution < -0.4 is 5.73 Å². The number of carbonyl (C=O) groups excluding carboxylic acids is 2. The van der Waals surface area contributed by atoms with Crippen molar-refractivity contribution in [2.45, 2.75) is 47.0 Å². The van der Waals surface area contributed by atoms with Crippen molar-refractivity contribution in [1.82, 2.24) is 0 Å². The van der Waals surface area contributed by atoms with Crippen LogP contribution in [0.2, 0.25) is 0 Å². The van der Waals surface area contributed by atoms with E-state index in [1.165, 1.54) is 0 Å². The normalized spacial score (nSPS) is 8.32. The number of aliphatic hydroxyl groups excluding tert-OH is 1. The largest absolute Gasteiger partial charge is 0.466 e. The summed E-state index contributed by atoms with van der Waals surface area (Å²) in [5, 5.41) is 7.99. The van der Waals surface area contributed by atoms with Gasteiger partial charge >= 0.3 is 11.9 Å². The van der Waals surface area contributed by atoms with Gasteiger partial charge in [0.05, 0.1) is 13.2 Å². The maximum Gasteiger partial charge on any atom is 0.305 e. The van der Waals surface area contributed by atoms with Crippen molar-refractivity contribution in [3.63, 3.8) is 0 Å². The van der Waals surface area contributed by atoms with Crippen LogP contribution in [0.15, 0.2) is 0 Å². The fraction of sp³-hybridized carbons (Fsp3) is 0.846. The lowest BCUT2D eigenvalue weighted by atomic mass is 10.5. The van der Waals surface area contributed by atoms with Gasteiger partial charge in [-0.05, 0) is 26.8 Å². The second-order valence-electron chi connectivity index (χ2n) is 3.18. The third-order valence-corrected chi connectivity index (χ3v) is 1.55. The van der Waals surface area contributed by atoms with Gasteiger partial charge in [-0.3, -0.25) is 9.59 Å². The Hall–Kier alpha value is -1.14. The highest BCUT2D eigenvalue weighted by Crippen LogP contribution is 1.81. The lowest BCUT2D eigenvalue weighted by Crippen LogP contribution is -2.00. The number of hydrogen-bond acceptors (Lipinski definition) is 6. The summed E-state index contributed by atoms with van der Waals surface area (Å²) in [6.45, 7) is 8.95. The van der Waals surface area contributed by atoms with Crippen LogP contribution in [0, 0.1) is 0 Å². The topological polar surface area (TPSA) is 98.9 Å². The molecule has 0 saturated carbocycles. The minimum absolute atomic E-state index is 0.123. The van der Waals surface area contributed by atoms with Gasteiger partial charge in [-0.15, -0.1) is 0 Å². The molecule has 0 spiro atoms. The molecule has 0 aromatic heterocycles. The molecule has 0 aliphatic carbocycles. The number of hydrogen-bond donors (Lipinski definition) is 2. The lowest BCUT2D eigenvalue weighted by molar-refractivity contribution is -0.143. The maximum atomic E-state index is 10.2. The van der Waals surface area contributed by atoms with E-state index < -0.39 is 0 Å². The highest BCUT2D eigenvalue weighted by atomic mass is 16.5. The standard InChI is InChI=1S/2C5H10O2.C3H9NO/c2*1-3-5(6)7-4-2;4-2-1-3-5/h2*3-4H2,1-2H3;5H,1-4H2. The Kier molecular flexibility index (Phi) is 26.7. The lowest BCUT2D eigenvalue weighted by Gasteiger charge is -1.93. The molecule has 6 nitrogen and oxygen atoms in total. The van der Waals surface area contributed by atoms with Crippen LogP contribution in [-0.2, 0) is 19.1 Å². The molecule has 3 N–H and O–H groups in total. The predicted octanol–water partition coefficient (Wildman–Crippen LogP) is 1.25. The highest BCUT2D eigenvalue weighted by Gasteiger charge is 1.91. The van der Waals surface area contributed by atoms with Crippen molar-refractivity contribution in [2.24, 2.45) is 5.73 Å². The molecule has 0 aromatic rings. The zero-order valence-corrected chi connectivity index (χ0v) is 12.6. The van der Waals surface area contributed by atoms with E-state index >= 15 is 0 Å². The first-order valence-electron chi connectivity index (χ1n) is 6.65. The van der Waals surface area contributed by atoms with E-state index in [9.17, 15) is 9.59 Å². The summed E-state index contributed by atoms with van der Waals surface area (Å²) in [6, 6.07) is 0. The molecule has 0 radical (unpaired) electrons.